The van der Waals surface area contributed by atoms with Crippen LogP contribution < -0.4 is 10.2 Å². The van der Waals surface area contributed by atoms with Gasteiger partial charge in [-0.05, 0) is 73.4 Å². The van der Waals surface area contributed by atoms with Crippen molar-refractivity contribution in [2.45, 2.75) is 52.9 Å². The molecule has 3 amide bonds. The van der Waals surface area contributed by atoms with E-state index >= 15 is 0 Å². The zero-order valence-corrected chi connectivity index (χ0v) is 20.5. The van der Waals surface area contributed by atoms with Crippen molar-refractivity contribution in [2.24, 2.45) is 17.8 Å². The minimum Gasteiger partial charge on any atom is -0.452 e. The number of amides is 3. The smallest absolute Gasteiger partial charge is 0.338 e. The van der Waals surface area contributed by atoms with Gasteiger partial charge in [0, 0.05) is 5.69 Å². The summed E-state index contributed by atoms with van der Waals surface area (Å²) in [6.07, 6.45) is 3.98. The average molecular weight is 477 g/mol. The Bertz CT molecular complexity index is 1120. The third-order valence-electron chi connectivity index (χ3n) is 7.15. The molecule has 1 heterocycles. The number of nitrogens with one attached hydrogen (secondary N) is 1. The van der Waals surface area contributed by atoms with Gasteiger partial charge in [0.1, 0.15) is 0 Å². The summed E-state index contributed by atoms with van der Waals surface area (Å²) < 4.78 is 5.21. The zero-order valence-electron chi connectivity index (χ0n) is 20.5. The number of anilines is 2. The molecular weight excluding hydrogens is 444 g/mol. The Morgan fingerprint density at radius 2 is 1.57 bits per heavy atom. The second kappa shape index (κ2) is 10.4. The molecule has 0 aromatic heterocycles. The number of aryl methyl sites for hydroxylation is 2. The molecule has 0 bridgehead atoms. The molecule has 1 saturated carbocycles. The van der Waals surface area contributed by atoms with E-state index < -0.39 is 18.5 Å². The van der Waals surface area contributed by atoms with E-state index in [1.165, 1.54) is 17.0 Å². The van der Waals surface area contributed by atoms with Crippen molar-refractivity contribution in [3.63, 3.8) is 0 Å². The standard InChI is InChI=1S/C28H32N2O5/c1-4-18-7-6-8-19(5-2)25(18)29-24(31)16-35-28(34)20-10-12-21(13-11-20)30-26(32)22-14-9-17(3)15-23(22)27(30)33/h6-8,10-13,17,22-23H,4-5,9,14-16H2,1-3H3,(H,29,31)/t17-,22+,23+/m0/s1. The first-order valence-corrected chi connectivity index (χ1v) is 12.4. The van der Waals surface area contributed by atoms with Crippen LogP contribution in [0, 0.1) is 17.8 Å². The van der Waals surface area contributed by atoms with Crippen molar-refractivity contribution in [3.05, 3.63) is 59.2 Å². The third-order valence-corrected chi connectivity index (χ3v) is 7.15. The SMILES string of the molecule is CCc1cccc(CC)c1NC(=O)COC(=O)c1ccc(N2C(=O)[C@@H]3CC[C@H](C)C[C@H]3C2=O)cc1. The molecule has 1 aliphatic heterocycles. The molecule has 7 heteroatoms. The van der Waals surface area contributed by atoms with E-state index in [0.717, 1.165) is 48.9 Å². The number of para-hydroxylation sites is 1. The van der Waals surface area contributed by atoms with Crippen molar-refractivity contribution in [1.29, 1.82) is 0 Å². The summed E-state index contributed by atoms with van der Waals surface area (Å²) >= 11 is 0. The molecule has 4 rings (SSSR count). The molecule has 2 aliphatic rings. The predicted octanol–water partition coefficient (Wildman–Crippen LogP) is 4.53. The molecule has 1 aliphatic carbocycles. The lowest BCUT2D eigenvalue weighted by Gasteiger charge is -2.25. The summed E-state index contributed by atoms with van der Waals surface area (Å²) in [5, 5.41) is 2.87. The summed E-state index contributed by atoms with van der Waals surface area (Å²) in [4.78, 5) is 52.0. The van der Waals surface area contributed by atoms with Gasteiger partial charge in [-0.25, -0.2) is 4.79 Å². The summed E-state index contributed by atoms with van der Waals surface area (Å²) in [5.41, 5.74) is 3.53. The fraction of sp³-hybridized carbons (Fsp3) is 0.429. The molecular formula is C28H32N2O5. The average Bonchev–Trinajstić information content (AvgIpc) is 3.11. The first kappa shape index (κ1) is 24.6. The molecule has 0 radical (unpaired) electrons. The Morgan fingerprint density at radius 1 is 0.943 bits per heavy atom. The number of imide groups is 1. The molecule has 2 fully saturated rings. The first-order valence-electron chi connectivity index (χ1n) is 12.4. The highest BCUT2D eigenvalue weighted by Gasteiger charge is 2.49. The number of carbonyl (C=O) groups is 4. The van der Waals surface area contributed by atoms with E-state index in [4.69, 9.17) is 4.74 Å². The molecule has 35 heavy (non-hydrogen) atoms. The van der Waals surface area contributed by atoms with Crippen molar-refractivity contribution < 1.29 is 23.9 Å². The second-order valence-electron chi connectivity index (χ2n) is 9.47. The van der Waals surface area contributed by atoms with Gasteiger partial charge in [-0.3, -0.25) is 19.3 Å². The van der Waals surface area contributed by atoms with E-state index in [9.17, 15) is 19.2 Å². The van der Waals surface area contributed by atoms with Gasteiger partial charge < -0.3 is 10.1 Å². The van der Waals surface area contributed by atoms with Crippen molar-refractivity contribution >= 4 is 35.1 Å². The monoisotopic (exact) mass is 476 g/mol. The van der Waals surface area contributed by atoms with Gasteiger partial charge in [0.25, 0.3) is 5.91 Å². The van der Waals surface area contributed by atoms with Gasteiger partial charge in [-0.15, -0.1) is 0 Å². The fourth-order valence-corrected chi connectivity index (χ4v) is 5.18. The van der Waals surface area contributed by atoms with Crippen LogP contribution in [0.15, 0.2) is 42.5 Å². The fourth-order valence-electron chi connectivity index (χ4n) is 5.18. The highest BCUT2D eigenvalue weighted by molar-refractivity contribution is 6.22. The minimum absolute atomic E-state index is 0.155. The van der Waals surface area contributed by atoms with Gasteiger partial charge in [0.15, 0.2) is 6.61 Å². The van der Waals surface area contributed by atoms with Crippen molar-refractivity contribution in [1.82, 2.24) is 0 Å². The van der Waals surface area contributed by atoms with Crippen LogP contribution in [0.5, 0.6) is 0 Å². The van der Waals surface area contributed by atoms with Gasteiger partial charge in [-0.1, -0.05) is 39.0 Å². The van der Waals surface area contributed by atoms with Crippen molar-refractivity contribution in [3.8, 4) is 0 Å². The molecule has 0 unspecified atom stereocenters. The number of ether oxygens (including phenoxy) is 1. The molecule has 2 aromatic rings. The van der Waals surface area contributed by atoms with Crippen LogP contribution in [0.3, 0.4) is 0 Å². The topological polar surface area (TPSA) is 92.8 Å². The molecule has 2 aromatic carbocycles. The molecule has 184 valence electrons. The largest absolute Gasteiger partial charge is 0.452 e. The third kappa shape index (κ3) is 4.99. The lowest BCUT2D eigenvalue weighted by molar-refractivity contribution is -0.122. The zero-order chi connectivity index (χ0) is 25.1. The van der Waals surface area contributed by atoms with Crippen LogP contribution in [0.1, 0.15) is 61.5 Å². The Balaban J connectivity index is 1.37. The molecule has 0 spiro atoms. The van der Waals surface area contributed by atoms with Crippen molar-refractivity contribution in [2.75, 3.05) is 16.8 Å². The summed E-state index contributed by atoms with van der Waals surface area (Å²) in [5.74, 6) is -1.42. The van der Waals surface area contributed by atoms with Gasteiger partial charge in [-0.2, -0.15) is 0 Å². The van der Waals surface area contributed by atoms with Crippen LogP contribution in [0.2, 0.25) is 0 Å². The normalized spacial score (nSPS) is 21.6. The predicted molar refractivity (Wildman–Crippen MR) is 133 cm³/mol. The number of nitrogens with zero attached hydrogens (tertiary/aromatic N) is 1. The lowest BCUT2D eigenvalue weighted by atomic mass is 9.76. The first-order chi connectivity index (χ1) is 16.8. The van der Waals surface area contributed by atoms with Crippen LogP contribution in [0.4, 0.5) is 11.4 Å². The molecule has 1 N–H and O–H groups in total. The quantitative estimate of drug-likeness (QED) is 0.468. The maximum atomic E-state index is 12.9. The summed E-state index contributed by atoms with van der Waals surface area (Å²) in [7, 11) is 0. The number of hydrogen-bond acceptors (Lipinski definition) is 5. The van der Waals surface area contributed by atoms with E-state index in [1.54, 1.807) is 12.1 Å². The van der Waals surface area contributed by atoms with Crippen LogP contribution in [0.25, 0.3) is 0 Å². The molecule has 7 nitrogen and oxygen atoms in total. The second-order valence-corrected chi connectivity index (χ2v) is 9.47. The maximum absolute atomic E-state index is 12.9. The number of carbonyl (C=O) groups excluding carboxylic acids is 4. The lowest BCUT2D eigenvalue weighted by Crippen LogP contribution is -2.30. The van der Waals surface area contributed by atoms with Gasteiger partial charge in [0.2, 0.25) is 11.8 Å². The molecule has 1 saturated heterocycles. The number of benzene rings is 2. The van der Waals surface area contributed by atoms with E-state index in [-0.39, 0.29) is 29.2 Å². The Morgan fingerprint density at radius 3 is 2.20 bits per heavy atom. The highest BCUT2D eigenvalue weighted by atomic mass is 16.5. The molecule has 3 atom stereocenters. The van der Waals surface area contributed by atoms with E-state index in [2.05, 4.69) is 12.2 Å². The highest BCUT2D eigenvalue weighted by Crippen LogP contribution is 2.42. The maximum Gasteiger partial charge on any atom is 0.338 e. The summed E-state index contributed by atoms with van der Waals surface area (Å²) in [6.45, 7) is 5.74. The Kier molecular flexibility index (Phi) is 7.34. The Hall–Kier alpha value is -3.48. The number of rotatable bonds is 7. The Labute approximate surface area is 205 Å². The van der Waals surface area contributed by atoms with Crippen LogP contribution in [-0.4, -0.2) is 30.3 Å². The van der Waals surface area contributed by atoms with E-state index in [0.29, 0.717) is 11.6 Å². The van der Waals surface area contributed by atoms with Crippen LogP contribution >= 0.6 is 0 Å². The van der Waals surface area contributed by atoms with Crippen LogP contribution in [-0.2, 0) is 32.0 Å². The number of esters is 1. The number of fused-ring (bicyclic) bond motifs is 1. The van der Waals surface area contributed by atoms with Gasteiger partial charge >= 0.3 is 5.97 Å². The number of hydrogen-bond donors (Lipinski definition) is 1. The van der Waals surface area contributed by atoms with E-state index in [1.807, 2.05) is 32.0 Å². The summed E-state index contributed by atoms with van der Waals surface area (Å²) in [6, 6.07) is 12.1. The minimum atomic E-state index is -0.646. The van der Waals surface area contributed by atoms with Gasteiger partial charge in [0.05, 0.1) is 23.1 Å².